The summed E-state index contributed by atoms with van der Waals surface area (Å²) in [6.45, 7) is 11.8. The number of para-hydroxylation sites is 1. The van der Waals surface area contributed by atoms with Crippen LogP contribution in [0.1, 0.15) is 27.7 Å². The summed E-state index contributed by atoms with van der Waals surface area (Å²) in [7, 11) is 0. The molecule has 1 aromatic carbocycles. The lowest BCUT2D eigenvalue weighted by atomic mass is 10.0. The molecule has 2 atom stereocenters. The van der Waals surface area contributed by atoms with Crippen LogP contribution in [0.5, 0.6) is 0 Å². The predicted molar refractivity (Wildman–Crippen MR) is 80.6 cm³/mol. The topological polar surface area (TPSA) is 24.5 Å². The second-order valence-corrected chi connectivity index (χ2v) is 6.21. The van der Waals surface area contributed by atoms with Crippen molar-refractivity contribution >= 4 is 5.69 Å². The number of ether oxygens (including phenoxy) is 1. The van der Waals surface area contributed by atoms with Crippen molar-refractivity contribution in [1.29, 1.82) is 0 Å². The van der Waals surface area contributed by atoms with Crippen LogP contribution in [-0.2, 0) is 4.74 Å². The average Bonchev–Trinajstić information content (AvgIpc) is 2.34. The maximum Gasteiger partial charge on any atom is 0.0757 e. The highest BCUT2D eigenvalue weighted by molar-refractivity contribution is 5.42. The molecule has 3 nitrogen and oxygen atoms in total. The smallest absolute Gasteiger partial charge is 0.0757 e. The van der Waals surface area contributed by atoms with Gasteiger partial charge in [0.15, 0.2) is 0 Å². The van der Waals surface area contributed by atoms with Gasteiger partial charge in [-0.1, -0.05) is 18.2 Å². The van der Waals surface area contributed by atoms with Crippen LogP contribution >= 0.6 is 0 Å². The van der Waals surface area contributed by atoms with Crippen molar-refractivity contribution < 1.29 is 4.74 Å². The van der Waals surface area contributed by atoms with Gasteiger partial charge in [-0.25, -0.2) is 0 Å². The van der Waals surface area contributed by atoms with Gasteiger partial charge in [0, 0.05) is 31.4 Å². The van der Waals surface area contributed by atoms with Crippen molar-refractivity contribution in [2.24, 2.45) is 0 Å². The quantitative estimate of drug-likeness (QED) is 0.903. The van der Waals surface area contributed by atoms with E-state index in [4.69, 9.17) is 4.74 Å². The molecule has 1 aromatic rings. The van der Waals surface area contributed by atoms with Gasteiger partial charge in [-0.3, -0.25) is 4.90 Å². The molecule has 0 aliphatic carbocycles. The first-order valence-electron chi connectivity index (χ1n) is 7.17. The zero-order valence-electron chi connectivity index (χ0n) is 12.5. The van der Waals surface area contributed by atoms with Gasteiger partial charge in [-0.15, -0.1) is 0 Å². The Morgan fingerprint density at radius 1 is 1.37 bits per heavy atom. The Morgan fingerprint density at radius 3 is 2.68 bits per heavy atom. The van der Waals surface area contributed by atoms with Gasteiger partial charge in [-0.05, 0) is 39.8 Å². The molecule has 2 rings (SSSR count). The molecule has 0 saturated carbocycles. The summed E-state index contributed by atoms with van der Waals surface area (Å²) in [6.07, 6.45) is 0.308. The molecule has 2 unspecified atom stereocenters. The Labute approximate surface area is 116 Å². The van der Waals surface area contributed by atoms with E-state index < -0.39 is 0 Å². The second-order valence-electron chi connectivity index (χ2n) is 6.21. The minimum Gasteiger partial charge on any atom is -0.383 e. The fourth-order valence-electron chi connectivity index (χ4n) is 2.79. The third-order valence-electron chi connectivity index (χ3n) is 3.59. The van der Waals surface area contributed by atoms with Crippen molar-refractivity contribution in [3.63, 3.8) is 0 Å². The first-order chi connectivity index (χ1) is 8.96. The minimum absolute atomic E-state index is 0.0430. The Morgan fingerprint density at radius 2 is 2.05 bits per heavy atom. The largest absolute Gasteiger partial charge is 0.383 e. The Bertz CT molecular complexity index is 391. The van der Waals surface area contributed by atoms with Crippen molar-refractivity contribution in [2.75, 3.05) is 25.0 Å². The molecule has 0 bridgehead atoms. The lowest BCUT2D eigenvalue weighted by Gasteiger charge is -2.44. The highest BCUT2D eigenvalue weighted by atomic mass is 16.5. The number of benzene rings is 1. The van der Waals surface area contributed by atoms with E-state index in [1.54, 1.807) is 0 Å². The van der Waals surface area contributed by atoms with Crippen LogP contribution in [0.4, 0.5) is 5.69 Å². The van der Waals surface area contributed by atoms with E-state index in [-0.39, 0.29) is 5.60 Å². The van der Waals surface area contributed by atoms with Crippen LogP contribution in [0, 0.1) is 0 Å². The molecule has 1 aliphatic rings. The highest BCUT2D eigenvalue weighted by Gasteiger charge is 2.33. The number of hydrogen-bond donors (Lipinski definition) is 1. The van der Waals surface area contributed by atoms with Gasteiger partial charge < -0.3 is 10.1 Å². The van der Waals surface area contributed by atoms with E-state index in [0.717, 1.165) is 19.6 Å². The lowest BCUT2D eigenvalue weighted by molar-refractivity contribution is -0.135. The first-order valence-corrected chi connectivity index (χ1v) is 7.17. The molecule has 0 aromatic heterocycles. The zero-order valence-corrected chi connectivity index (χ0v) is 12.5. The number of anilines is 1. The normalized spacial score (nSPS) is 24.9. The number of morpholine rings is 1. The van der Waals surface area contributed by atoms with Crippen LogP contribution in [0.25, 0.3) is 0 Å². The van der Waals surface area contributed by atoms with E-state index in [1.165, 1.54) is 5.69 Å². The fourth-order valence-corrected chi connectivity index (χ4v) is 2.79. The number of nitrogens with one attached hydrogen (secondary N) is 1. The molecule has 106 valence electrons. The van der Waals surface area contributed by atoms with Crippen LogP contribution in [-0.4, -0.2) is 42.3 Å². The standard InChI is InChI=1S/C16H26N2O/c1-13(10-17-15-8-6-5-7-9-15)18-11-14(2)19-16(3,4)12-18/h5-9,13-14,17H,10-12H2,1-4H3. The SMILES string of the molecule is CC1CN(C(C)CNc2ccccc2)CC(C)(C)O1. The van der Waals surface area contributed by atoms with E-state index in [1.807, 2.05) is 6.07 Å². The molecule has 19 heavy (non-hydrogen) atoms. The van der Waals surface area contributed by atoms with Crippen molar-refractivity contribution in [2.45, 2.75) is 45.4 Å². The number of rotatable bonds is 4. The molecular formula is C16H26N2O. The van der Waals surface area contributed by atoms with Crippen LogP contribution < -0.4 is 5.32 Å². The third kappa shape index (κ3) is 4.22. The average molecular weight is 262 g/mol. The maximum atomic E-state index is 5.95. The first kappa shape index (κ1) is 14.4. The molecular weight excluding hydrogens is 236 g/mol. The number of nitrogens with zero attached hydrogens (tertiary/aromatic N) is 1. The minimum atomic E-state index is -0.0430. The van der Waals surface area contributed by atoms with E-state index in [2.05, 4.69) is 62.2 Å². The second kappa shape index (κ2) is 5.93. The summed E-state index contributed by atoms with van der Waals surface area (Å²) in [5.41, 5.74) is 1.15. The van der Waals surface area contributed by atoms with E-state index in [0.29, 0.717) is 12.1 Å². The molecule has 1 saturated heterocycles. The van der Waals surface area contributed by atoms with Gasteiger partial charge in [0.1, 0.15) is 0 Å². The monoisotopic (exact) mass is 262 g/mol. The zero-order chi connectivity index (χ0) is 13.9. The summed E-state index contributed by atoms with van der Waals surface area (Å²) in [4.78, 5) is 2.52. The summed E-state index contributed by atoms with van der Waals surface area (Å²) in [5, 5.41) is 3.50. The molecule has 0 radical (unpaired) electrons. The number of hydrogen-bond acceptors (Lipinski definition) is 3. The third-order valence-corrected chi connectivity index (χ3v) is 3.59. The van der Waals surface area contributed by atoms with Crippen molar-refractivity contribution in [1.82, 2.24) is 4.90 Å². The summed E-state index contributed by atoms with van der Waals surface area (Å²) >= 11 is 0. The van der Waals surface area contributed by atoms with Crippen LogP contribution in [0.15, 0.2) is 30.3 Å². The summed E-state index contributed by atoms with van der Waals surface area (Å²) in [5.74, 6) is 0. The molecule has 3 heteroatoms. The Balaban J connectivity index is 1.87. The fraction of sp³-hybridized carbons (Fsp3) is 0.625. The molecule has 0 amide bonds. The van der Waals surface area contributed by atoms with Gasteiger partial charge in [0.2, 0.25) is 0 Å². The van der Waals surface area contributed by atoms with Crippen molar-refractivity contribution in [3.05, 3.63) is 30.3 Å². The Kier molecular flexibility index (Phi) is 4.48. The van der Waals surface area contributed by atoms with E-state index >= 15 is 0 Å². The van der Waals surface area contributed by atoms with Gasteiger partial charge in [0.25, 0.3) is 0 Å². The van der Waals surface area contributed by atoms with E-state index in [9.17, 15) is 0 Å². The van der Waals surface area contributed by atoms with Gasteiger partial charge >= 0.3 is 0 Å². The Hall–Kier alpha value is -1.06. The summed E-state index contributed by atoms with van der Waals surface area (Å²) in [6, 6.07) is 10.9. The molecule has 1 fully saturated rings. The lowest BCUT2D eigenvalue weighted by Crippen LogP contribution is -2.55. The summed E-state index contributed by atoms with van der Waals surface area (Å²) < 4.78 is 5.95. The van der Waals surface area contributed by atoms with Crippen LogP contribution in [0.3, 0.4) is 0 Å². The molecule has 0 spiro atoms. The van der Waals surface area contributed by atoms with Crippen LogP contribution in [0.2, 0.25) is 0 Å². The predicted octanol–water partition coefficient (Wildman–Crippen LogP) is 2.99. The molecule has 1 N–H and O–H groups in total. The maximum absolute atomic E-state index is 5.95. The molecule has 1 aliphatic heterocycles. The highest BCUT2D eigenvalue weighted by Crippen LogP contribution is 2.22. The van der Waals surface area contributed by atoms with Gasteiger partial charge in [0.05, 0.1) is 11.7 Å². The van der Waals surface area contributed by atoms with Gasteiger partial charge in [-0.2, -0.15) is 0 Å². The molecule has 1 heterocycles. The van der Waals surface area contributed by atoms with Crippen molar-refractivity contribution in [3.8, 4) is 0 Å².